The number of carboxylic acid groups (broad SMARTS) is 1. The minimum Gasteiger partial charge on any atom is -0.481 e. The smallest absolute Gasteiger partial charge is 0.303 e. The second-order valence-corrected chi connectivity index (χ2v) is 6.92. The van der Waals surface area contributed by atoms with Crippen LogP contribution in [0.25, 0.3) is 21.6 Å². The number of aryl methyl sites for hydroxylation is 2. The highest BCUT2D eigenvalue weighted by Crippen LogP contribution is 2.28. The molecule has 6 heteroatoms. The lowest BCUT2D eigenvalue weighted by Crippen LogP contribution is -2.24. The topological polar surface area (TPSA) is 72.2 Å². The average molecular weight is 342 g/mol. The van der Waals surface area contributed by atoms with Gasteiger partial charge in [-0.3, -0.25) is 14.2 Å². The quantitative estimate of drug-likeness (QED) is 0.769. The fraction of sp³-hybridized carbons (Fsp3) is 0.278. The van der Waals surface area contributed by atoms with Gasteiger partial charge in [-0.05, 0) is 25.8 Å². The van der Waals surface area contributed by atoms with Gasteiger partial charge in [-0.15, -0.1) is 11.3 Å². The van der Waals surface area contributed by atoms with E-state index in [1.165, 1.54) is 11.3 Å². The van der Waals surface area contributed by atoms with E-state index >= 15 is 0 Å². The van der Waals surface area contributed by atoms with Gasteiger partial charge in [-0.1, -0.05) is 30.3 Å². The van der Waals surface area contributed by atoms with Crippen molar-refractivity contribution in [3.05, 3.63) is 51.1 Å². The number of carbonyl (C=O) groups is 1. The number of benzene rings is 1. The molecule has 0 unspecified atom stereocenters. The highest BCUT2D eigenvalue weighted by atomic mass is 32.1. The molecule has 1 aromatic carbocycles. The lowest BCUT2D eigenvalue weighted by atomic mass is 10.1. The van der Waals surface area contributed by atoms with Crippen LogP contribution < -0.4 is 5.56 Å². The van der Waals surface area contributed by atoms with Gasteiger partial charge >= 0.3 is 5.97 Å². The van der Waals surface area contributed by atoms with Crippen molar-refractivity contribution >= 4 is 27.5 Å². The van der Waals surface area contributed by atoms with Gasteiger partial charge in [0.25, 0.3) is 5.56 Å². The summed E-state index contributed by atoms with van der Waals surface area (Å²) in [5.74, 6) is -0.263. The summed E-state index contributed by atoms with van der Waals surface area (Å²) in [4.78, 5) is 30.4. The number of fused-ring (bicyclic) bond motifs is 1. The molecule has 0 aliphatic carbocycles. The zero-order valence-corrected chi connectivity index (χ0v) is 14.4. The Kier molecular flexibility index (Phi) is 4.49. The maximum absolute atomic E-state index is 13.0. The third-order valence-corrected chi connectivity index (χ3v) is 5.19. The largest absolute Gasteiger partial charge is 0.481 e. The van der Waals surface area contributed by atoms with Crippen molar-refractivity contribution in [1.82, 2.24) is 9.55 Å². The van der Waals surface area contributed by atoms with Crippen LogP contribution in [-0.4, -0.2) is 20.6 Å². The molecule has 0 radical (unpaired) electrons. The Labute approximate surface area is 143 Å². The van der Waals surface area contributed by atoms with Crippen LogP contribution in [0.3, 0.4) is 0 Å². The van der Waals surface area contributed by atoms with Gasteiger partial charge in [0, 0.05) is 23.4 Å². The Morgan fingerprint density at radius 1 is 1.25 bits per heavy atom. The van der Waals surface area contributed by atoms with Crippen molar-refractivity contribution < 1.29 is 9.90 Å². The Morgan fingerprint density at radius 2 is 1.96 bits per heavy atom. The molecule has 0 fully saturated rings. The van der Waals surface area contributed by atoms with E-state index in [9.17, 15) is 9.59 Å². The van der Waals surface area contributed by atoms with E-state index in [2.05, 4.69) is 0 Å². The molecule has 0 atom stereocenters. The van der Waals surface area contributed by atoms with Crippen LogP contribution in [0.5, 0.6) is 0 Å². The Hall–Kier alpha value is -2.47. The molecule has 2 heterocycles. The highest BCUT2D eigenvalue weighted by molar-refractivity contribution is 7.18. The van der Waals surface area contributed by atoms with Crippen molar-refractivity contribution in [2.24, 2.45) is 0 Å². The number of nitrogens with zero attached hydrogens (tertiary/aromatic N) is 2. The second kappa shape index (κ2) is 6.57. The van der Waals surface area contributed by atoms with Gasteiger partial charge in [0.2, 0.25) is 0 Å². The molecule has 0 saturated heterocycles. The molecule has 24 heavy (non-hydrogen) atoms. The fourth-order valence-electron chi connectivity index (χ4n) is 2.73. The zero-order chi connectivity index (χ0) is 17.3. The summed E-state index contributed by atoms with van der Waals surface area (Å²) < 4.78 is 1.61. The summed E-state index contributed by atoms with van der Waals surface area (Å²) in [6, 6.07) is 9.54. The highest BCUT2D eigenvalue weighted by Gasteiger charge is 2.17. The first kappa shape index (κ1) is 16.4. The second-order valence-electron chi connectivity index (χ2n) is 5.72. The van der Waals surface area contributed by atoms with Crippen molar-refractivity contribution in [1.29, 1.82) is 0 Å². The summed E-state index contributed by atoms with van der Waals surface area (Å²) in [7, 11) is 0. The molecule has 2 aromatic heterocycles. The molecule has 3 aromatic rings. The van der Waals surface area contributed by atoms with E-state index in [0.29, 0.717) is 24.2 Å². The van der Waals surface area contributed by atoms with Crippen molar-refractivity contribution in [3.8, 4) is 11.4 Å². The number of hydrogen-bond acceptors (Lipinski definition) is 4. The SMILES string of the molecule is Cc1sc2nc(-c3ccccc3)n(CCCC(=O)O)c(=O)c2c1C. The number of thiophene rings is 1. The van der Waals surface area contributed by atoms with Crippen LogP contribution in [0.2, 0.25) is 0 Å². The minimum atomic E-state index is -0.860. The summed E-state index contributed by atoms with van der Waals surface area (Å²) in [5, 5.41) is 9.51. The summed E-state index contributed by atoms with van der Waals surface area (Å²) in [5.41, 5.74) is 1.72. The van der Waals surface area contributed by atoms with Crippen LogP contribution in [0.15, 0.2) is 35.1 Å². The molecule has 0 aliphatic heterocycles. The number of aromatic nitrogens is 2. The van der Waals surface area contributed by atoms with Crippen molar-refractivity contribution in [2.75, 3.05) is 0 Å². The Morgan fingerprint density at radius 3 is 2.62 bits per heavy atom. The summed E-state index contributed by atoms with van der Waals surface area (Å²) >= 11 is 1.52. The number of hydrogen-bond donors (Lipinski definition) is 1. The summed E-state index contributed by atoms with van der Waals surface area (Å²) in [6.07, 6.45) is 0.421. The monoisotopic (exact) mass is 342 g/mol. The molecule has 0 bridgehead atoms. The standard InChI is InChI=1S/C18H18N2O3S/c1-11-12(2)24-17-15(11)18(23)20(10-6-9-14(21)22)16(19-17)13-7-4-3-5-8-13/h3-5,7-8H,6,9-10H2,1-2H3,(H,21,22). The molecule has 124 valence electrons. The van der Waals surface area contributed by atoms with Crippen LogP contribution in [0.4, 0.5) is 0 Å². The first-order valence-corrected chi connectivity index (χ1v) is 8.58. The van der Waals surface area contributed by atoms with E-state index < -0.39 is 5.97 Å². The van der Waals surface area contributed by atoms with Gasteiger partial charge in [0.05, 0.1) is 5.39 Å². The lowest BCUT2D eigenvalue weighted by molar-refractivity contribution is -0.137. The van der Waals surface area contributed by atoms with Crippen LogP contribution in [-0.2, 0) is 11.3 Å². The maximum Gasteiger partial charge on any atom is 0.303 e. The molecule has 3 rings (SSSR count). The number of aliphatic carboxylic acids is 1. The average Bonchev–Trinajstić information content (AvgIpc) is 2.84. The van der Waals surface area contributed by atoms with Crippen molar-refractivity contribution in [3.63, 3.8) is 0 Å². The van der Waals surface area contributed by atoms with Crippen LogP contribution in [0, 0.1) is 13.8 Å². The van der Waals surface area contributed by atoms with E-state index in [1.807, 2.05) is 44.2 Å². The van der Waals surface area contributed by atoms with E-state index in [-0.39, 0.29) is 12.0 Å². The van der Waals surface area contributed by atoms with Gasteiger partial charge in [-0.25, -0.2) is 4.98 Å². The number of carboxylic acids is 1. The Bertz CT molecular complexity index is 958. The normalized spacial score (nSPS) is 11.1. The van der Waals surface area contributed by atoms with Crippen molar-refractivity contribution in [2.45, 2.75) is 33.2 Å². The first-order chi connectivity index (χ1) is 11.5. The van der Waals surface area contributed by atoms with E-state index in [0.717, 1.165) is 20.8 Å². The van der Waals surface area contributed by atoms with Crippen LogP contribution in [0.1, 0.15) is 23.3 Å². The van der Waals surface area contributed by atoms with E-state index in [4.69, 9.17) is 10.1 Å². The van der Waals surface area contributed by atoms with Gasteiger partial charge < -0.3 is 5.11 Å². The third-order valence-electron chi connectivity index (χ3n) is 4.09. The maximum atomic E-state index is 13.0. The predicted molar refractivity (Wildman–Crippen MR) is 95.7 cm³/mol. The third kappa shape index (κ3) is 2.97. The van der Waals surface area contributed by atoms with Gasteiger partial charge in [-0.2, -0.15) is 0 Å². The predicted octanol–water partition coefficient (Wildman–Crippen LogP) is 3.61. The van der Waals surface area contributed by atoms with Crippen LogP contribution >= 0.6 is 11.3 Å². The molecular weight excluding hydrogens is 324 g/mol. The molecule has 0 aliphatic rings. The first-order valence-electron chi connectivity index (χ1n) is 7.76. The van der Waals surface area contributed by atoms with Gasteiger partial charge in [0.15, 0.2) is 0 Å². The minimum absolute atomic E-state index is 0.0281. The summed E-state index contributed by atoms with van der Waals surface area (Å²) in [6.45, 7) is 4.26. The zero-order valence-electron chi connectivity index (χ0n) is 13.6. The number of rotatable bonds is 5. The molecular formula is C18H18N2O3S. The molecule has 1 N–H and O–H groups in total. The lowest BCUT2D eigenvalue weighted by Gasteiger charge is -2.12. The molecule has 0 spiro atoms. The van der Waals surface area contributed by atoms with E-state index in [1.54, 1.807) is 4.57 Å². The van der Waals surface area contributed by atoms with Gasteiger partial charge in [0.1, 0.15) is 10.7 Å². The molecule has 5 nitrogen and oxygen atoms in total. The molecule has 0 saturated carbocycles. The fourth-order valence-corrected chi connectivity index (χ4v) is 3.75. The Balaban J connectivity index is 2.20. The molecule has 0 amide bonds.